The lowest BCUT2D eigenvalue weighted by Gasteiger charge is -2.13. The number of alkyl halides is 3. The molecule has 4 aromatic rings. The molecule has 0 saturated carbocycles. The van der Waals surface area contributed by atoms with Crippen molar-refractivity contribution in [2.24, 2.45) is 0 Å². The maximum atomic E-state index is 13.6. The van der Waals surface area contributed by atoms with Crippen LogP contribution in [0.15, 0.2) is 60.3 Å². The molecule has 12 heteroatoms. The molecule has 0 aliphatic rings. The number of hydrogen-bond donors (Lipinski definition) is 2. The minimum Gasteiger partial charge on any atom is -0.478 e. The van der Waals surface area contributed by atoms with Crippen molar-refractivity contribution in [1.29, 1.82) is 0 Å². The van der Waals surface area contributed by atoms with Crippen molar-refractivity contribution in [2.45, 2.75) is 26.4 Å². The third kappa shape index (κ3) is 5.85. The quantitative estimate of drug-likeness (QED) is 0.208. The van der Waals surface area contributed by atoms with Gasteiger partial charge >= 0.3 is 12.1 Å². The lowest BCUT2D eigenvalue weighted by atomic mass is 10.0. The van der Waals surface area contributed by atoms with Crippen molar-refractivity contribution in [3.63, 3.8) is 0 Å². The van der Waals surface area contributed by atoms with Gasteiger partial charge in [0.2, 0.25) is 5.95 Å². The van der Waals surface area contributed by atoms with E-state index in [2.05, 4.69) is 20.4 Å². The molecular weight excluding hydrogens is 509 g/mol. The van der Waals surface area contributed by atoms with E-state index in [-0.39, 0.29) is 40.7 Å². The summed E-state index contributed by atoms with van der Waals surface area (Å²) >= 11 is 0. The van der Waals surface area contributed by atoms with Gasteiger partial charge in [0.05, 0.1) is 0 Å². The molecule has 0 radical (unpaired) electrons. The van der Waals surface area contributed by atoms with E-state index in [9.17, 15) is 31.9 Å². The van der Waals surface area contributed by atoms with E-state index in [4.69, 9.17) is 0 Å². The summed E-state index contributed by atoms with van der Waals surface area (Å²) in [6, 6.07) is 10.2. The van der Waals surface area contributed by atoms with Crippen LogP contribution in [0.25, 0.3) is 23.0 Å². The van der Waals surface area contributed by atoms with Crippen LogP contribution in [0.3, 0.4) is 0 Å². The number of halogens is 5. The highest BCUT2D eigenvalue weighted by Crippen LogP contribution is 2.32. The van der Waals surface area contributed by atoms with E-state index in [0.29, 0.717) is 17.2 Å². The van der Waals surface area contributed by atoms with Gasteiger partial charge in [0, 0.05) is 34.8 Å². The third-order valence-corrected chi connectivity index (χ3v) is 5.46. The molecule has 38 heavy (non-hydrogen) atoms. The van der Waals surface area contributed by atoms with Crippen LogP contribution in [0.4, 0.5) is 33.6 Å². The predicted molar refractivity (Wildman–Crippen MR) is 130 cm³/mol. The van der Waals surface area contributed by atoms with Gasteiger partial charge in [-0.1, -0.05) is 25.1 Å². The topological polar surface area (TPSA) is 92.9 Å². The van der Waals surface area contributed by atoms with Gasteiger partial charge in [-0.25, -0.2) is 23.2 Å². The Morgan fingerprint density at radius 2 is 1.82 bits per heavy atom. The molecular formula is C26H20F5N5O2. The molecule has 0 unspecified atom stereocenters. The smallest absolute Gasteiger partial charge is 0.435 e. The highest BCUT2D eigenvalue weighted by molar-refractivity contribution is 5.92. The fraction of sp³-hybridized carbons (Fsp3) is 0.154. The molecule has 196 valence electrons. The fourth-order valence-corrected chi connectivity index (χ4v) is 3.69. The number of benzene rings is 2. The Morgan fingerprint density at radius 1 is 1.11 bits per heavy atom. The number of nitrogens with one attached hydrogen (secondary N) is 1. The maximum Gasteiger partial charge on any atom is 0.435 e. The fourth-order valence-electron chi connectivity index (χ4n) is 3.69. The minimum absolute atomic E-state index is 0.0118. The molecule has 0 amide bonds. The first-order valence-corrected chi connectivity index (χ1v) is 11.2. The molecule has 0 aliphatic carbocycles. The number of anilines is 2. The van der Waals surface area contributed by atoms with Crippen LogP contribution in [0.5, 0.6) is 0 Å². The number of carbonyl (C=O) groups is 1. The van der Waals surface area contributed by atoms with Crippen LogP contribution in [-0.4, -0.2) is 30.8 Å². The van der Waals surface area contributed by atoms with E-state index in [0.717, 1.165) is 22.9 Å². The Bertz CT molecular complexity index is 1530. The standard InChI is InChI=1S/C26H20F5N5O2/c1-3-16(24(37)38)8-15-5-4-6-17(9-15)21-13-32-25(33-20-11-18(27)10-19(28)12-20)34-23(21)36-14(2)7-22(35-36)26(29,30)31/h4-13H,3H2,1-2H3,(H,37,38)(H,32,33,34). The van der Waals surface area contributed by atoms with E-state index >= 15 is 0 Å². The van der Waals surface area contributed by atoms with Crippen LogP contribution in [0, 0.1) is 18.6 Å². The summed E-state index contributed by atoms with van der Waals surface area (Å²) in [6.07, 6.45) is -1.61. The largest absolute Gasteiger partial charge is 0.478 e. The number of aryl methyl sites for hydroxylation is 1. The van der Waals surface area contributed by atoms with Crippen molar-refractivity contribution < 1.29 is 31.9 Å². The van der Waals surface area contributed by atoms with Gasteiger partial charge in [0.1, 0.15) is 11.6 Å². The monoisotopic (exact) mass is 529 g/mol. The summed E-state index contributed by atoms with van der Waals surface area (Å²) in [5, 5.41) is 15.7. The highest BCUT2D eigenvalue weighted by Gasteiger charge is 2.35. The molecule has 0 saturated heterocycles. The number of carboxylic acid groups (broad SMARTS) is 1. The number of aliphatic carboxylic acids is 1. The first kappa shape index (κ1) is 26.5. The molecule has 0 fully saturated rings. The molecule has 2 N–H and O–H groups in total. The summed E-state index contributed by atoms with van der Waals surface area (Å²) in [7, 11) is 0. The van der Waals surface area contributed by atoms with Crippen molar-refractivity contribution >= 4 is 23.7 Å². The molecule has 2 heterocycles. The summed E-state index contributed by atoms with van der Waals surface area (Å²) in [5.41, 5.74) is 0.437. The normalized spacial score (nSPS) is 12.0. The lowest BCUT2D eigenvalue weighted by molar-refractivity contribution is -0.141. The van der Waals surface area contributed by atoms with E-state index in [1.165, 1.54) is 19.2 Å². The van der Waals surface area contributed by atoms with Gasteiger partial charge in [0.25, 0.3) is 0 Å². The Balaban J connectivity index is 1.86. The third-order valence-electron chi connectivity index (χ3n) is 5.46. The average molecular weight is 529 g/mol. The summed E-state index contributed by atoms with van der Waals surface area (Å²) in [5.74, 6) is -2.95. The van der Waals surface area contributed by atoms with Gasteiger partial charge in [0.15, 0.2) is 11.5 Å². The number of nitrogens with zero attached hydrogens (tertiary/aromatic N) is 4. The Kier molecular flexibility index (Phi) is 7.24. The number of aromatic nitrogens is 4. The van der Waals surface area contributed by atoms with Gasteiger partial charge in [-0.2, -0.15) is 23.3 Å². The zero-order valence-corrected chi connectivity index (χ0v) is 20.0. The molecule has 4 rings (SSSR count). The molecule has 2 aromatic carbocycles. The number of rotatable bonds is 7. The zero-order valence-electron chi connectivity index (χ0n) is 20.0. The summed E-state index contributed by atoms with van der Waals surface area (Å²) in [4.78, 5) is 19.9. The lowest BCUT2D eigenvalue weighted by Crippen LogP contribution is -2.10. The SMILES string of the molecule is CCC(=Cc1cccc(-c2cnc(Nc3cc(F)cc(F)c3)nc2-n2nc(C(F)(F)F)cc2C)c1)C(=O)O. The Hall–Kier alpha value is -4.61. The molecule has 0 aliphatic heterocycles. The maximum absolute atomic E-state index is 13.6. The first-order valence-electron chi connectivity index (χ1n) is 11.2. The van der Waals surface area contributed by atoms with E-state index in [1.807, 2.05) is 0 Å². The van der Waals surface area contributed by atoms with Gasteiger partial charge in [-0.15, -0.1) is 0 Å². The van der Waals surface area contributed by atoms with Crippen LogP contribution >= 0.6 is 0 Å². The van der Waals surface area contributed by atoms with Crippen molar-refractivity contribution in [3.05, 3.63) is 88.9 Å². The molecule has 7 nitrogen and oxygen atoms in total. The summed E-state index contributed by atoms with van der Waals surface area (Å²) in [6.45, 7) is 3.12. The van der Waals surface area contributed by atoms with Gasteiger partial charge < -0.3 is 10.4 Å². The van der Waals surface area contributed by atoms with Crippen molar-refractivity contribution in [1.82, 2.24) is 19.7 Å². The van der Waals surface area contributed by atoms with E-state index < -0.39 is 29.5 Å². The molecule has 0 spiro atoms. The second kappa shape index (κ2) is 10.4. The molecule has 0 atom stereocenters. The summed E-state index contributed by atoms with van der Waals surface area (Å²) < 4.78 is 68.5. The average Bonchev–Trinajstić information content (AvgIpc) is 3.24. The second-order valence-corrected chi connectivity index (χ2v) is 8.25. The number of carboxylic acids is 1. The first-order chi connectivity index (χ1) is 17.9. The minimum atomic E-state index is -4.71. The number of hydrogen-bond acceptors (Lipinski definition) is 5. The predicted octanol–water partition coefficient (Wildman–Crippen LogP) is 6.56. The van der Waals surface area contributed by atoms with Crippen LogP contribution in [-0.2, 0) is 11.0 Å². The second-order valence-electron chi connectivity index (χ2n) is 8.25. The van der Waals surface area contributed by atoms with Crippen LogP contribution in [0.1, 0.15) is 30.3 Å². The van der Waals surface area contributed by atoms with Crippen LogP contribution in [0.2, 0.25) is 0 Å². The van der Waals surface area contributed by atoms with Crippen molar-refractivity contribution in [2.75, 3.05) is 5.32 Å². The van der Waals surface area contributed by atoms with E-state index in [1.54, 1.807) is 31.2 Å². The van der Waals surface area contributed by atoms with Crippen molar-refractivity contribution in [3.8, 4) is 16.9 Å². The Morgan fingerprint density at radius 3 is 2.42 bits per heavy atom. The highest BCUT2D eigenvalue weighted by atomic mass is 19.4. The zero-order chi connectivity index (χ0) is 27.6. The van der Waals surface area contributed by atoms with Gasteiger partial charge in [-0.05, 0) is 54.8 Å². The van der Waals surface area contributed by atoms with Gasteiger partial charge in [-0.3, -0.25) is 0 Å². The Labute approximate surface area is 213 Å². The molecule has 0 bridgehead atoms. The molecule has 2 aromatic heterocycles. The van der Waals surface area contributed by atoms with Crippen LogP contribution < -0.4 is 5.32 Å².